The molecule has 1 heterocycles. The van der Waals surface area contributed by atoms with E-state index in [0.29, 0.717) is 0 Å². The molecule has 0 aliphatic heterocycles. The third-order valence-corrected chi connectivity index (χ3v) is 2.16. The van der Waals surface area contributed by atoms with Gasteiger partial charge < -0.3 is 5.32 Å². The average molecular weight is 206 g/mol. The lowest BCUT2D eigenvalue weighted by Crippen LogP contribution is -2.36. The van der Waals surface area contributed by atoms with Gasteiger partial charge in [0.2, 0.25) is 5.91 Å². The fourth-order valence-electron chi connectivity index (χ4n) is 1.12. The number of rotatable bonds is 2. The molecule has 3 heteroatoms. The second-order valence-electron chi connectivity index (χ2n) is 4.70. The van der Waals surface area contributed by atoms with E-state index in [4.69, 9.17) is 0 Å². The number of pyridine rings is 1. The third-order valence-electron chi connectivity index (χ3n) is 2.16. The van der Waals surface area contributed by atoms with Gasteiger partial charge in [-0.25, -0.2) is 0 Å². The van der Waals surface area contributed by atoms with Crippen molar-refractivity contribution in [3.8, 4) is 0 Å². The number of carbonyl (C=O) groups is 1. The summed E-state index contributed by atoms with van der Waals surface area (Å²) in [6.45, 7) is 7.63. The van der Waals surface area contributed by atoms with Gasteiger partial charge >= 0.3 is 0 Å². The average Bonchev–Trinajstić information content (AvgIpc) is 2.17. The molecule has 1 rings (SSSR count). The predicted molar refractivity (Wildman–Crippen MR) is 60.2 cm³/mol. The minimum Gasteiger partial charge on any atom is -0.348 e. The van der Waals surface area contributed by atoms with Crippen LogP contribution < -0.4 is 5.32 Å². The standard InChI is InChI=1S/C12H18N2O/c1-9(10-7-5-6-8-13-10)14-11(15)12(2,3)4/h5-9H,1-4H3,(H,14,15). The van der Waals surface area contributed by atoms with E-state index in [0.717, 1.165) is 5.69 Å². The molecule has 0 spiro atoms. The molecule has 1 N–H and O–H groups in total. The lowest BCUT2D eigenvalue weighted by atomic mass is 9.95. The van der Waals surface area contributed by atoms with E-state index in [9.17, 15) is 4.79 Å². The van der Waals surface area contributed by atoms with Crippen LogP contribution in [0.25, 0.3) is 0 Å². The van der Waals surface area contributed by atoms with Gasteiger partial charge in [-0.3, -0.25) is 9.78 Å². The molecular weight excluding hydrogens is 188 g/mol. The molecule has 1 amide bonds. The molecule has 0 saturated carbocycles. The molecule has 0 aliphatic carbocycles. The fourth-order valence-corrected chi connectivity index (χ4v) is 1.12. The molecule has 0 saturated heterocycles. The highest BCUT2D eigenvalue weighted by atomic mass is 16.2. The minimum absolute atomic E-state index is 0.0423. The van der Waals surface area contributed by atoms with Crippen molar-refractivity contribution in [2.75, 3.05) is 0 Å². The molecule has 1 aromatic rings. The Morgan fingerprint density at radius 1 is 1.40 bits per heavy atom. The van der Waals surface area contributed by atoms with E-state index >= 15 is 0 Å². The SMILES string of the molecule is CC(NC(=O)C(C)(C)C)c1ccccn1. The van der Waals surface area contributed by atoms with Crippen molar-refractivity contribution in [1.82, 2.24) is 10.3 Å². The molecule has 15 heavy (non-hydrogen) atoms. The topological polar surface area (TPSA) is 42.0 Å². The van der Waals surface area contributed by atoms with Crippen molar-refractivity contribution in [3.63, 3.8) is 0 Å². The summed E-state index contributed by atoms with van der Waals surface area (Å²) in [4.78, 5) is 15.9. The summed E-state index contributed by atoms with van der Waals surface area (Å²) in [5.74, 6) is 0.0423. The van der Waals surface area contributed by atoms with Crippen LogP contribution in [0.15, 0.2) is 24.4 Å². The number of hydrogen-bond donors (Lipinski definition) is 1. The van der Waals surface area contributed by atoms with Gasteiger partial charge in [0.25, 0.3) is 0 Å². The van der Waals surface area contributed by atoms with Gasteiger partial charge in [-0.05, 0) is 19.1 Å². The molecule has 3 nitrogen and oxygen atoms in total. The van der Waals surface area contributed by atoms with Crippen molar-refractivity contribution in [2.24, 2.45) is 5.41 Å². The minimum atomic E-state index is -0.358. The Hall–Kier alpha value is -1.38. The van der Waals surface area contributed by atoms with Gasteiger partial charge in [0.05, 0.1) is 11.7 Å². The van der Waals surface area contributed by atoms with Gasteiger partial charge in [0, 0.05) is 11.6 Å². The molecule has 0 fully saturated rings. The first kappa shape index (κ1) is 11.7. The van der Waals surface area contributed by atoms with E-state index < -0.39 is 0 Å². The highest BCUT2D eigenvalue weighted by Crippen LogP contribution is 2.16. The molecule has 0 radical (unpaired) electrons. The van der Waals surface area contributed by atoms with Crippen molar-refractivity contribution in [2.45, 2.75) is 33.7 Å². The predicted octanol–water partition coefficient (Wildman–Crippen LogP) is 2.30. The van der Waals surface area contributed by atoms with Gasteiger partial charge in [-0.15, -0.1) is 0 Å². The fraction of sp³-hybridized carbons (Fsp3) is 0.500. The zero-order valence-electron chi connectivity index (χ0n) is 9.74. The van der Waals surface area contributed by atoms with Crippen molar-refractivity contribution >= 4 is 5.91 Å². The number of nitrogens with one attached hydrogen (secondary N) is 1. The Kier molecular flexibility index (Phi) is 3.45. The summed E-state index contributed by atoms with van der Waals surface area (Å²) < 4.78 is 0. The van der Waals surface area contributed by atoms with Crippen LogP contribution in [0.1, 0.15) is 39.4 Å². The first-order valence-corrected chi connectivity index (χ1v) is 5.13. The zero-order chi connectivity index (χ0) is 11.5. The number of hydrogen-bond acceptors (Lipinski definition) is 2. The van der Waals surface area contributed by atoms with Crippen LogP contribution in [0.4, 0.5) is 0 Å². The third kappa shape index (κ3) is 3.35. The summed E-state index contributed by atoms with van der Waals surface area (Å²) in [6, 6.07) is 5.65. The Morgan fingerprint density at radius 3 is 2.53 bits per heavy atom. The van der Waals surface area contributed by atoms with E-state index in [2.05, 4.69) is 10.3 Å². The van der Waals surface area contributed by atoms with Crippen LogP contribution in [-0.4, -0.2) is 10.9 Å². The molecular formula is C12H18N2O. The summed E-state index contributed by atoms with van der Waals surface area (Å²) >= 11 is 0. The maximum absolute atomic E-state index is 11.7. The quantitative estimate of drug-likeness (QED) is 0.806. The normalized spacial score (nSPS) is 13.3. The van der Waals surface area contributed by atoms with Crippen LogP contribution >= 0.6 is 0 Å². The lowest BCUT2D eigenvalue weighted by Gasteiger charge is -2.21. The number of nitrogens with zero attached hydrogens (tertiary/aromatic N) is 1. The van der Waals surface area contributed by atoms with Gasteiger partial charge in [0.1, 0.15) is 0 Å². The van der Waals surface area contributed by atoms with Crippen LogP contribution in [0.5, 0.6) is 0 Å². The van der Waals surface area contributed by atoms with Gasteiger partial charge in [0.15, 0.2) is 0 Å². The summed E-state index contributed by atoms with van der Waals surface area (Å²) in [7, 11) is 0. The maximum atomic E-state index is 11.7. The van der Waals surface area contributed by atoms with Crippen LogP contribution in [0, 0.1) is 5.41 Å². The van der Waals surface area contributed by atoms with Crippen molar-refractivity contribution in [3.05, 3.63) is 30.1 Å². The molecule has 0 bridgehead atoms. The zero-order valence-corrected chi connectivity index (χ0v) is 9.74. The number of amides is 1. The largest absolute Gasteiger partial charge is 0.348 e. The monoisotopic (exact) mass is 206 g/mol. The summed E-state index contributed by atoms with van der Waals surface area (Å²) in [5, 5.41) is 2.93. The first-order chi connectivity index (χ1) is 6.91. The molecule has 0 aliphatic rings. The number of carbonyl (C=O) groups excluding carboxylic acids is 1. The number of aromatic nitrogens is 1. The Morgan fingerprint density at radius 2 is 2.07 bits per heavy atom. The first-order valence-electron chi connectivity index (χ1n) is 5.13. The van der Waals surface area contributed by atoms with E-state index in [1.165, 1.54) is 0 Å². The maximum Gasteiger partial charge on any atom is 0.225 e. The molecule has 1 atom stereocenters. The summed E-state index contributed by atoms with van der Waals surface area (Å²) in [6.07, 6.45) is 1.73. The molecule has 0 aromatic carbocycles. The van der Waals surface area contributed by atoms with E-state index in [1.54, 1.807) is 6.20 Å². The molecule has 82 valence electrons. The van der Waals surface area contributed by atoms with Gasteiger partial charge in [-0.1, -0.05) is 26.8 Å². The second-order valence-corrected chi connectivity index (χ2v) is 4.70. The molecule has 1 unspecified atom stereocenters. The molecule has 1 aromatic heterocycles. The van der Waals surface area contributed by atoms with Gasteiger partial charge in [-0.2, -0.15) is 0 Å². The van der Waals surface area contributed by atoms with Crippen molar-refractivity contribution < 1.29 is 4.79 Å². The summed E-state index contributed by atoms with van der Waals surface area (Å²) in [5.41, 5.74) is 0.526. The Labute approximate surface area is 90.9 Å². The highest BCUT2D eigenvalue weighted by Gasteiger charge is 2.23. The smallest absolute Gasteiger partial charge is 0.225 e. The highest BCUT2D eigenvalue weighted by molar-refractivity contribution is 5.81. The van der Waals surface area contributed by atoms with E-state index in [1.807, 2.05) is 45.9 Å². The second kappa shape index (κ2) is 4.43. The Bertz CT molecular complexity index is 327. The van der Waals surface area contributed by atoms with Crippen molar-refractivity contribution in [1.29, 1.82) is 0 Å². The van der Waals surface area contributed by atoms with Crippen LogP contribution in [0.2, 0.25) is 0 Å². The Balaban J connectivity index is 2.65. The van der Waals surface area contributed by atoms with Crippen LogP contribution in [-0.2, 0) is 4.79 Å². The van der Waals surface area contributed by atoms with Crippen LogP contribution in [0.3, 0.4) is 0 Å². The lowest BCUT2D eigenvalue weighted by molar-refractivity contribution is -0.129. The van der Waals surface area contributed by atoms with E-state index in [-0.39, 0.29) is 17.4 Å².